The molecule has 1 atom stereocenters. The molecular weight excluding hydrogens is 114 g/mol. The first-order valence-electron chi connectivity index (χ1n) is 3.70. The molecule has 9 heavy (non-hydrogen) atoms. The molecule has 1 aliphatic rings. The zero-order valence-electron chi connectivity index (χ0n) is 6.26. The van der Waals surface area contributed by atoms with Gasteiger partial charge in [0, 0.05) is 6.54 Å². The van der Waals surface area contributed by atoms with Crippen molar-refractivity contribution in [1.82, 2.24) is 4.90 Å². The number of nitrogens with zero attached hydrogens (tertiary/aromatic N) is 1. The highest BCUT2D eigenvalue weighted by molar-refractivity contribution is 4.72. The van der Waals surface area contributed by atoms with Crippen LogP contribution in [0.5, 0.6) is 0 Å². The Labute approximate surface area is 56.8 Å². The van der Waals surface area contributed by atoms with Gasteiger partial charge in [-0.15, -0.1) is 0 Å². The van der Waals surface area contributed by atoms with Crippen molar-refractivity contribution in [3.63, 3.8) is 0 Å². The van der Waals surface area contributed by atoms with Gasteiger partial charge in [-0.3, -0.25) is 0 Å². The van der Waals surface area contributed by atoms with Crippen LogP contribution in [0.4, 0.5) is 0 Å². The van der Waals surface area contributed by atoms with Crippen molar-refractivity contribution >= 4 is 0 Å². The first-order valence-corrected chi connectivity index (χ1v) is 3.70. The molecule has 0 aromatic rings. The molecule has 0 aliphatic carbocycles. The number of rotatable bonds is 4. The maximum atomic E-state index is 5.10. The van der Waals surface area contributed by atoms with Crippen LogP contribution in [0.1, 0.15) is 13.8 Å². The predicted molar refractivity (Wildman–Crippen MR) is 37.5 cm³/mol. The van der Waals surface area contributed by atoms with Crippen LogP contribution in [0.3, 0.4) is 0 Å². The van der Waals surface area contributed by atoms with Crippen molar-refractivity contribution in [1.29, 1.82) is 0 Å². The molecule has 0 radical (unpaired) electrons. The molecule has 0 aromatic heterocycles. The molecular formula is C7H15NO. The van der Waals surface area contributed by atoms with Crippen LogP contribution in [-0.4, -0.2) is 37.2 Å². The maximum absolute atomic E-state index is 5.10. The minimum Gasteiger partial charge on any atom is -0.372 e. The summed E-state index contributed by atoms with van der Waals surface area (Å²) in [5, 5.41) is 0. The summed E-state index contributed by atoms with van der Waals surface area (Å²) in [5.41, 5.74) is 0. The summed E-state index contributed by atoms with van der Waals surface area (Å²) in [4.78, 5) is 2.39. The molecule has 2 nitrogen and oxygen atoms in total. The molecule has 0 N–H and O–H groups in total. The Morgan fingerprint density at radius 3 is 2.33 bits per heavy atom. The molecule has 2 heteroatoms. The molecule has 0 aromatic carbocycles. The molecule has 1 heterocycles. The van der Waals surface area contributed by atoms with E-state index >= 15 is 0 Å². The number of hydrogen-bond donors (Lipinski definition) is 0. The second-order valence-corrected chi connectivity index (χ2v) is 2.44. The topological polar surface area (TPSA) is 15.8 Å². The number of epoxide rings is 1. The van der Waals surface area contributed by atoms with Gasteiger partial charge in [-0.1, -0.05) is 13.8 Å². The molecule has 0 saturated carbocycles. The van der Waals surface area contributed by atoms with E-state index in [9.17, 15) is 0 Å². The normalized spacial score (nSPS) is 25.0. The van der Waals surface area contributed by atoms with Gasteiger partial charge in [0.25, 0.3) is 0 Å². The lowest BCUT2D eigenvalue weighted by Gasteiger charge is -2.15. The Balaban J connectivity index is 2.05. The average molecular weight is 129 g/mol. The third-order valence-corrected chi connectivity index (χ3v) is 1.76. The number of hydrogen-bond acceptors (Lipinski definition) is 2. The summed E-state index contributed by atoms with van der Waals surface area (Å²) in [5.74, 6) is 0. The van der Waals surface area contributed by atoms with Crippen molar-refractivity contribution in [3.05, 3.63) is 0 Å². The SMILES string of the molecule is CCN(CC)C[C@H]1CO1. The lowest BCUT2D eigenvalue weighted by Crippen LogP contribution is -2.27. The third-order valence-electron chi connectivity index (χ3n) is 1.76. The standard InChI is InChI=1S/C7H15NO/c1-3-8(4-2)5-7-6-9-7/h7H,3-6H2,1-2H3/t7-/m0/s1. The Bertz CT molecular complexity index is 77.0. The van der Waals surface area contributed by atoms with Gasteiger partial charge in [0.2, 0.25) is 0 Å². The highest BCUT2D eigenvalue weighted by Crippen LogP contribution is 2.09. The fraction of sp³-hybridized carbons (Fsp3) is 1.00. The van der Waals surface area contributed by atoms with Gasteiger partial charge in [0.15, 0.2) is 0 Å². The van der Waals surface area contributed by atoms with Crippen molar-refractivity contribution in [2.75, 3.05) is 26.2 Å². The van der Waals surface area contributed by atoms with E-state index in [2.05, 4.69) is 18.7 Å². The zero-order chi connectivity index (χ0) is 6.69. The lowest BCUT2D eigenvalue weighted by atomic mass is 10.4. The number of ether oxygens (including phenoxy) is 1. The lowest BCUT2D eigenvalue weighted by molar-refractivity contribution is 0.263. The minimum absolute atomic E-state index is 0.560. The number of likely N-dealkylation sites (N-methyl/N-ethyl adjacent to an activating group) is 1. The molecule has 1 saturated heterocycles. The van der Waals surface area contributed by atoms with Crippen molar-refractivity contribution in [2.24, 2.45) is 0 Å². The van der Waals surface area contributed by atoms with Gasteiger partial charge >= 0.3 is 0 Å². The zero-order valence-corrected chi connectivity index (χ0v) is 6.26. The van der Waals surface area contributed by atoms with Crippen LogP contribution in [0.15, 0.2) is 0 Å². The van der Waals surface area contributed by atoms with Gasteiger partial charge in [-0.25, -0.2) is 0 Å². The van der Waals surface area contributed by atoms with Crippen LogP contribution >= 0.6 is 0 Å². The van der Waals surface area contributed by atoms with E-state index in [0.717, 1.165) is 26.2 Å². The molecule has 1 fully saturated rings. The van der Waals surface area contributed by atoms with E-state index in [1.165, 1.54) is 0 Å². The Kier molecular flexibility index (Phi) is 2.49. The van der Waals surface area contributed by atoms with E-state index in [0.29, 0.717) is 6.10 Å². The maximum Gasteiger partial charge on any atom is 0.0936 e. The molecule has 0 bridgehead atoms. The van der Waals surface area contributed by atoms with Crippen LogP contribution in [0.2, 0.25) is 0 Å². The summed E-state index contributed by atoms with van der Waals surface area (Å²) in [6, 6.07) is 0. The van der Waals surface area contributed by atoms with Crippen molar-refractivity contribution in [3.8, 4) is 0 Å². The first-order chi connectivity index (χ1) is 4.36. The van der Waals surface area contributed by atoms with E-state index < -0.39 is 0 Å². The largest absolute Gasteiger partial charge is 0.372 e. The Morgan fingerprint density at radius 2 is 2.00 bits per heavy atom. The van der Waals surface area contributed by atoms with Gasteiger partial charge in [-0.05, 0) is 13.1 Å². The average Bonchev–Trinajstić information content (AvgIpc) is 2.66. The predicted octanol–water partition coefficient (Wildman–Crippen LogP) is 0.727. The fourth-order valence-corrected chi connectivity index (χ4v) is 0.943. The van der Waals surface area contributed by atoms with Crippen molar-refractivity contribution < 1.29 is 4.74 Å². The van der Waals surface area contributed by atoms with E-state index in [4.69, 9.17) is 4.74 Å². The van der Waals surface area contributed by atoms with Crippen LogP contribution < -0.4 is 0 Å². The monoisotopic (exact) mass is 129 g/mol. The van der Waals surface area contributed by atoms with Crippen LogP contribution in [0, 0.1) is 0 Å². The summed E-state index contributed by atoms with van der Waals surface area (Å²) < 4.78 is 5.10. The second kappa shape index (κ2) is 3.18. The van der Waals surface area contributed by atoms with Gasteiger partial charge in [-0.2, -0.15) is 0 Å². The molecule has 1 rings (SSSR count). The molecule has 0 unspecified atom stereocenters. The summed E-state index contributed by atoms with van der Waals surface area (Å²) in [6.45, 7) is 8.79. The highest BCUT2D eigenvalue weighted by Gasteiger charge is 2.23. The van der Waals surface area contributed by atoms with Crippen LogP contribution in [-0.2, 0) is 4.74 Å². The third kappa shape index (κ3) is 2.33. The first kappa shape index (κ1) is 7.03. The van der Waals surface area contributed by atoms with E-state index in [-0.39, 0.29) is 0 Å². The quantitative estimate of drug-likeness (QED) is 0.520. The smallest absolute Gasteiger partial charge is 0.0936 e. The fourth-order valence-electron chi connectivity index (χ4n) is 0.943. The second-order valence-electron chi connectivity index (χ2n) is 2.44. The van der Waals surface area contributed by atoms with Crippen LogP contribution in [0.25, 0.3) is 0 Å². The summed E-state index contributed by atoms with van der Waals surface area (Å²) in [6.07, 6.45) is 0.560. The van der Waals surface area contributed by atoms with E-state index in [1.54, 1.807) is 0 Å². The Hall–Kier alpha value is -0.0800. The van der Waals surface area contributed by atoms with Gasteiger partial charge < -0.3 is 9.64 Å². The van der Waals surface area contributed by atoms with E-state index in [1.807, 2.05) is 0 Å². The van der Waals surface area contributed by atoms with Gasteiger partial charge in [0.1, 0.15) is 0 Å². The summed E-state index contributed by atoms with van der Waals surface area (Å²) >= 11 is 0. The Morgan fingerprint density at radius 1 is 1.44 bits per heavy atom. The minimum atomic E-state index is 0.560. The molecule has 0 amide bonds. The van der Waals surface area contributed by atoms with Crippen molar-refractivity contribution in [2.45, 2.75) is 20.0 Å². The molecule has 54 valence electrons. The van der Waals surface area contributed by atoms with Gasteiger partial charge in [0.05, 0.1) is 12.7 Å². The summed E-state index contributed by atoms with van der Waals surface area (Å²) in [7, 11) is 0. The highest BCUT2D eigenvalue weighted by atomic mass is 16.6. The molecule has 1 aliphatic heterocycles. The molecule has 0 spiro atoms.